The predicted octanol–water partition coefficient (Wildman–Crippen LogP) is 3.05. The fourth-order valence-corrected chi connectivity index (χ4v) is 1.98. The molecule has 2 aromatic carbocycles. The number of nitrogens with one attached hydrogen (secondary N) is 1. The zero-order valence-electron chi connectivity index (χ0n) is 11.2. The van der Waals surface area contributed by atoms with Gasteiger partial charge < -0.3 is 15.8 Å². The van der Waals surface area contributed by atoms with Crippen LogP contribution in [0.25, 0.3) is 0 Å². The van der Waals surface area contributed by atoms with Gasteiger partial charge in [0.1, 0.15) is 11.8 Å². The van der Waals surface area contributed by atoms with E-state index in [2.05, 4.69) is 5.32 Å². The Bertz CT molecular complexity index is 738. The van der Waals surface area contributed by atoms with Gasteiger partial charge in [-0.1, -0.05) is 11.6 Å². The normalized spacial score (nSPS) is 9.76. The third-order valence-corrected chi connectivity index (χ3v) is 3.09. The number of ether oxygens (including phenoxy) is 1. The van der Waals surface area contributed by atoms with Gasteiger partial charge in [-0.15, -0.1) is 0 Å². The van der Waals surface area contributed by atoms with E-state index in [9.17, 15) is 4.79 Å². The Labute approximate surface area is 126 Å². The van der Waals surface area contributed by atoms with Crippen molar-refractivity contribution in [2.75, 3.05) is 18.2 Å². The van der Waals surface area contributed by atoms with Crippen molar-refractivity contribution in [3.63, 3.8) is 0 Å². The molecule has 2 rings (SSSR count). The van der Waals surface area contributed by atoms with Crippen LogP contribution in [0.1, 0.15) is 15.9 Å². The van der Waals surface area contributed by atoms with Crippen molar-refractivity contribution in [2.45, 2.75) is 0 Å². The van der Waals surface area contributed by atoms with Gasteiger partial charge in [-0.25, -0.2) is 0 Å². The molecule has 0 unspecified atom stereocenters. The summed E-state index contributed by atoms with van der Waals surface area (Å²) >= 11 is 5.92. The lowest BCUT2D eigenvalue weighted by atomic mass is 10.1. The lowest BCUT2D eigenvalue weighted by Crippen LogP contribution is -2.12. The summed E-state index contributed by atoms with van der Waals surface area (Å²) in [6.45, 7) is 0. The number of hydrogen-bond acceptors (Lipinski definition) is 4. The van der Waals surface area contributed by atoms with E-state index in [-0.39, 0.29) is 10.9 Å². The van der Waals surface area contributed by atoms with Crippen molar-refractivity contribution in [3.05, 3.63) is 52.5 Å². The second-order valence-electron chi connectivity index (χ2n) is 4.26. The number of anilines is 2. The van der Waals surface area contributed by atoms with E-state index in [0.29, 0.717) is 28.3 Å². The Morgan fingerprint density at radius 1 is 1.33 bits per heavy atom. The summed E-state index contributed by atoms with van der Waals surface area (Å²) in [5, 5.41) is 11.8. The van der Waals surface area contributed by atoms with Crippen LogP contribution in [-0.4, -0.2) is 13.0 Å². The van der Waals surface area contributed by atoms with E-state index >= 15 is 0 Å². The number of halogens is 1. The van der Waals surface area contributed by atoms with Gasteiger partial charge in [0.05, 0.1) is 17.7 Å². The van der Waals surface area contributed by atoms with Crippen LogP contribution in [-0.2, 0) is 0 Å². The van der Waals surface area contributed by atoms with Gasteiger partial charge >= 0.3 is 0 Å². The highest BCUT2D eigenvalue weighted by Gasteiger charge is 2.10. The molecule has 0 aliphatic carbocycles. The summed E-state index contributed by atoms with van der Waals surface area (Å²) < 4.78 is 5.07. The number of carbonyl (C=O) groups is 1. The first-order chi connectivity index (χ1) is 10.0. The molecule has 0 fully saturated rings. The van der Waals surface area contributed by atoms with E-state index in [1.807, 2.05) is 6.07 Å². The van der Waals surface area contributed by atoms with Gasteiger partial charge in [0.2, 0.25) is 0 Å². The second kappa shape index (κ2) is 6.16. The standard InChI is InChI=1S/C15H12ClN3O2/c1-21-13-5-10(4-11(18)6-13)15(20)19-12-3-2-9(8-17)14(16)7-12/h2-7H,18H2,1H3,(H,19,20). The monoisotopic (exact) mass is 301 g/mol. The van der Waals surface area contributed by atoms with Gasteiger partial charge in [0, 0.05) is 23.0 Å². The largest absolute Gasteiger partial charge is 0.497 e. The number of methoxy groups -OCH3 is 1. The summed E-state index contributed by atoms with van der Waals surface area (Å²) in [5.74, 6) is 0.152. The van der Waals surface area contributed by atoms with E-state index in [4.69, 9.17) is 27.3 Å². The molecule has 2 aromatic rings. The third kappa shape index (κ3) is 3.44. The van der Waals surface area contributed by atoms with Crippen molar-refractivity contribution in [3.8, 4) is 11.8 Å². The Balaban J connectivity index is 2.24. The van der Waals surface area contributed by atoms with Gasteiger partial charge in [0.25, 0.3) is 5.91 Å². The average molecular weight is 302 g/mol. The summed E-state index contributed by atoms with van der Waals surface area (Å²) in [7, 11) is 1.50. The Morgan fingerprint density at radius 3 is 2.71 bits per heavy atom. The zero-order chi connectivity index (χ0) is 15.4. The molecule has 0 saturated heterocycles. The van der Waals surface area contributed by atoms with Gasteiger partial charge in [-0.3, -0.25) is 4.79 Å². The first-order valence-electron chi connectivity index (χ1n) is 5.99. The van der Waals surface area contributed by atoms with E-state index in [0.717, 1.165) is 0 Å². The molecule has 0 heterocycles. The van der Waals surface area contributed by atoms with Crippen molar-refractivity contribution < 1.29 is 9.53 Å². The van der Waals surface area contributed by atoms with Crippen molar-refractivity contribution >= 4 is 28.9 Å². The molecule has 3 N–H and O–H groups in total. The molecule has 6 heteroatoms. The van der Waals surface area contributed by atoms with Crippen LogP contribution in [0.2, 0.25) is 5.02 Å². The molecule has 0 bridgehead atoms. The molecule has 0 aliphatic rings. The highest BCUT2D eigenvalue weighted by molar-refractivity contribution is 6.32. The first-order valence-corrected chi connectivity index (χ1v) is 6.37. The highest BCUT2D eigenvalue weighted by atomic mass is 35.5. The van der Waals surface area contributed by atoms with E-state index in [1.165, 1.54) is 19.2 Å². The molecule has 106 valence electrons. The van der Waals surface area contributed by atoms with Crippen molar-refractivity contribution in [1.82, 2.24) is 0 Å². The van der Waals surface area contributed by atoms with Crippen LogP contribution in [0.3, 0.4) is 0 Å². The van der Waals surface area contributed by atoms with Crippen LogP contribution >= 0.6 is 11.6 Å². The van der Waals surface area contributed by atoms with Crippen molar-refractivity contribution in [1.29, 1.82) is 5.26 Å². The Hall–Kier alpha value is -2.71. The fraction of sp³-hybridized carbons (Fsp3) is 0.0667. The number of nitrogen functional groups attached to an aromatic ring is 1. The molecule has 0 spiro atoms. The summed E-state index contributed by atoms with van der Waals surface area (Å²) in [6, 6.07) is 11.4. The number of hydrogen-bond donors (Lipinski definition) is 2. The maximum Gasteiger partial charge on any atom is 0.255 e. The minimum atomic E-state index is -0.346. The zero-order valence-corrected chi connectivity index (χ0v) is 11.9. The quantitative estimate of drug-likeness (QED) is 0.853. The molecule has 21 heavy (non-hydrogen) atoms. The van der Waals surface area contributed by atoms with E-state index in [1.54, 1.807) is 24.3 Å². The second-order valence-corrected chi connectivity index (χ2v) is 4.66. The van der Waals surface area contributed by atoms with Gasteiger partial charge in [0.15, 0.2) is 0 Å². The summed E-state index contributed by atoms with van der Waals surface area (Å²) in [5.41, 5.74) is 7.35. The van der Waals surface area contributed by atoms with Crippen LogP contribution in [0.5, 0.6) is 5.75 Å². The van der Waals surface area contributed by atoms with Crippen LogP contribution < -0.4 is 15.8 Å². The molecular formula is C15H12ClN3O2. The topological polar surface area (TPSA) is 88.1 Å². The number of nitrogens with zero attached hydrogens (tertiary/aromatic N) is 1. The number of carbonyl (C=O) groups excluding carboxylic acids is 1. The van der Waals surface area contributed by atoms with E-state index < -0.39 is 0 Å². The smallest absolute Gasteiger partial charge is 0.255 e. The molecule has 0 aliphatic heterocycles. The summed E-state index contributed by atoms with van der Waals surface area (Å²) in [6.07, 6.45) is 0. The Kier molecular flexibility index (Phi) is 4.31. The summed E-state index contributed by atoms with van der Waals surface area (Å²) in [4.78, 5) is 12.2. The molecule has 1 amide bonds. The fourth-order valence-electron chi connectivity index (χ4n) is 1.76. The lowest BCUT2D eigenvalue weighted by Gasteiger charge is -2.08. The lowest BCUT2D eigenvalue weighted by molar-refractivity contribution is 0.102. The first kappa shape index (κ1) is 14.7. The number of benzene rings is 2. The molecule has 5 nitrogen and oxygen atoms in total. The molecular weight excluding hydrogens is 290 g/mol. The Morgan fingerprint density at radius 2 is 2.10 bits per heavy atom. The number of amides is 1. The van der Waals surface area contributed by atoms with Gasteiger partial charge in [-0.2, -0.15) is 5.26 Å². The molecule has 0 aromatic heterocycles. The molecule has 0 saturated carbocycles. The van der Waals surface area contributed by atoms with Crippen LogP contribution in [0.4, 0.5) is 11.4 Å². The SMILES string of the molecule is COc1cc(N)cc(C(=O)Nc2ccc(C#N)c(Cl)c2)c1. The molecule has 0 atom stereocenters. The highest BCUT2D eigenvalue weighted by Crippen LogP contribution is 2.22. The predicted molar refractivity (Wildman–Crippen MR) is 81.5 cm³/mol. The number of nitrogens with two attached hydrogens (primary N) is 1. The third-order valence-electron chi connectivity index (χ3n) is 2.77. The van der Waals surface area contributed by atoms with Crippen LogP contribution in [0, 0.1) is 11.3 Å². The van der Waals surface area contributed by atoms with Crippen molar-refractivity contribution in [2.24, 2.45) is 0 Å². The minimum absolute atomic E-state index is 0.278. The average Bonchev–Trinajstić information content (AvgIpc) is 2.46. The van der Waals surface area contributed by atoms with Crippen LogP contribution in [0.15, 0.2) is 36.4 Å². The maximum atomic E-state index is 12.2. The minimum Gasteiger partial charge on any atom is -0.497 e. The number of rotatable bonds is 3. The number of nitriles is 1. The maximum absolute atomic E-state index is 12.2. The van der Waals surface area contributed by atoms with Gasteiger partial charge in [-0.05, 0) is 30.3 Å². The molecule has 0 radical (unpaired) electrons.